The van der Waals surface area contributed by atoms with Gasteiger partial charge in [0.2, 0.25) is 0 Å². The Morgan fingerprint density at radius 1 is 1.46 bits per heavy atom. The van der Waals surface area contributed by atoms with Gasteiger partial charge in [0.05, 0.1) is 5.69 Å². The van der Waals surface area contributed by atoms with Crippen molar-refractivity contribution in [3.05, 3.63) is 33.9 Å². The molecule has 0 radical (unpaired) electrons. The average Bonchev–Trinajstić information content (AvgIpc) is 2.32. The van der Waals surface area contributed by atoms with Gasteiger partial charge in [0.25, 0.3) is 0 Å². The van der Waals surface area contributed by atoms with Gasteiger partial charge in [-0.2, -0.15) is 0 Å². The fourth-order valence-corrected chi connectivity index (χ4v) is 1.71. The fraction of sp³-hybridized carbons (Fsp3) is 0.222. The van der Waals surface area contributed by atoms with Gasteiger partial charge in [-0.25, -0.2) is 9.37 Å². The predicted octanol–water partition coefficient (Wildman–Crippen LogP) is 2.85. The highest BCUT2D eigenvalue weighted by atomic mass is 79.9. The first-order valence-electron chi connectivity index (χ1n) is 3.90. The van der Waals surface area contributed by atoms with Crippen LogP contribution < -0.4 is 0 Å². The van der Waals surface area contributed by atoms with E-state index in [1.165, 1.54) is 6.07 Å². The number of hydrogen-bond acceptors (Lipinski definition) is 1. The molecule has 0 aliphatic rings. The third-order valence-corrected chi connectivity index (χ3v) is 2.55. The molecule has 2 heterocycles. The van der Waals surface area contributed by atoms with E-state index >= 15 is 0 Å². The van der Waals surface area contributed by atoms with Crippen LogP contribution in [0.3, 0.4) is 0 Å². The second-order valence-electron chi connectivity index (χ2n) is 2.98. The molecule has 0 atom stereocenters. The van der Waals surface area contributed by atoms with Crippen molar-refractivity contribution in [1.29, 1.82) is 0 Å². The Kier molecular flexibility index (Phi) is 1.87. The van der Waals surface area contributed by atoms with Crippen LogP contribution in [0.5, 0.6) is 0 Å². The third kappa shape index (κ3) is 1.25. The minimum atomic E-state index is -0.300. The van der Waals surface area contributed by atoms with E-state index < -0.39 is 0 Å². The quantitative estimate of drug-likeness (QED) is 0.695. The summed E-state index contributed by atoms with van der Waals surface area (Å²) in [5, 5.41) is 0. The lowest BCUT2D eigenvalue weighted by atomic mass is 10.4. The third-order valence-electron chi connectivity index (χ3n) is 2.12. The van der Waals surface area contributed by atoms with Gasteiger partial charge in [-0.1, -0.05) is 0 Å². The molecule has 0 N–H and O–H groups in total. The summed E-state index contributed by atoms with van der Waals surface area (Å²) < 4.78 is 15.8. The Hall–Kier alpha value is -0.900. The van der Waals surface area contributed by atoms with Gasteiger partial charge in [0.15, 0.2) is 11.5 Å². The first-order chi connectivity index (χ1) is 6.09. The molecule has 0 aliphatic carbocycles. The van der Waals surface area contributed by atoms with Crippen LogP contribution in [0.1, 0.15) is 11.4 Å². The van der Waals surface area contributed by atoms with E-state index in [-0.39, 0.29) is 5.82 Å². The lowest BCUT2D eigenvalue weighted by Crippen LogP contribution is -1.90. The maximum absolute atomic E-state index is 13.3. The predicted molar refractivity (Wildman–Crippen MR) is 52.3 cm³/mol. The molecule has 68 valence electrons. The van der Waals surface area contributed by atoms with Gasteiger partial charge < -0.3 is 4.40 Å². The Balaban J connectivity index is 2.94. The molecule has 0 bridgehead atoms. The number of aromatic nitrogens is 2. The number of halogens is 2. The van der Waals surface area contributed by atoms with Gasteiger partial charge in [0, 0.05) is 16.4 Å². The molecule has 0 saturated carbocycles. The lowest BCUT2D eigenvalue weighted by Gasteiger charge is -1.98. The van der Waals surface area contributed by atoms with E-state index in [4.69, 9.17) is 0 Å². The second-order valence-corrected chi connectivity index (χ2v) is 3.90. The summed E-state index contributed by atoms with van der Waals surface area (Å²) in [5.74, 6) is -0.300. The summed E-state index contributed by atoms with van der Waals surface area (Å²) in [6.07, 6.45) is 1.81. The zero-order chi connectivity index (χ0) is 9.59. The monoisotopic (exact) mass is 242 g/mol. The average molecular weight is 243 g/mol. The van der Waals surface area contributed by atoms with Crippen molar-refractivity contribution in [1.82, 2.24) is 9.38 Å². The molecule has 0 spiro atoms. The Bertz CT molecular complexity index is 476. The first-order valence-corrected chi connectivity index (χ1v) is 4.69. The molecule has 2 rings (SSSR count). The maximum atomic E-state index is 13.3. The van der Waals surface area contributed by atoms with Crippen LogP contribution >= 0.6 is 15.9 Å². The zero-order valence-corrected chi connectivity index (χ0v) is 8.89. The summed E-state index contributed by atoms with van der Waals surface area (Å²) in [5.41, 5.74) is 2.21. The number of nitrogens with zero attached hydrogens (tertiary/aromatic N) is 2. The van der Waals surface area contributed by atoms with Gasteiger partial charge in [-0.05, 0) is 35.8 Å². The normalized spacial score (nSPS) is 11.1. The molecule has 0 saturated heterocycles. The van der Waals surface area contributed by atoms with E-state index in [1.54, 1.807) is 4.40 Å². The summed E-state index contributed by atoms with van der Waals surface area (Å²) in [6.45, 7) is 3.79. The highest BCUT2D eigenvalue weighted by Gasteiger charge is 2.08. The van der Waals surface area contributed by atoms with Crippen LogP contribution in [0.15, 0.2) is 16.7 Å². The van der Waals surface area contributed by atoms with Crippen molar-refractivity contribution in [3.63, 3.8) is 0 Å². The van der Waals surface area contributed by atoms with Crippen LogP contribution in [0.2, 0.25) is 0 Å². The Morgan fingerprint density at radius 3 is 2.85 bits per heavy atom. The smallest absolute Gasteiger partial charge is 0.173 e. The van der Waals surface area contributed by atoms with Gasteiger partial charge in [-0.3, -0.25) is 0 Å². The van der Waals surface area contributed by atoms with Gasteiger partial charge >= 0.3 is 0 Å². The first kappa shape index (κ1) is 8.69. The standard InChI is InChI=1S/C9H8BrFN2/c1-5-6(2)13-4-7(10)3-8(11)9(13)12-5/h3-4H,1-2H3. The zero-order valence-electron chi connectivity index (χ0n) is 7.31. The summed E-state index contributed by atoms with van der Waals surface area (Å²) in [7, 11) is 0. The molecule has 0 unspecified atom stereocenters. The van der Waals surface area contributed by atoms with Gasteiger partial charge in [0.1, 0.15) is 0 Å². The van der Waals surface area contributed by atoms with Crippen LogP contribution in [0.4, 0.5) is 4.39 Å². The number of rotatable bonds is 0. The molecule has 0 aliphatic heterocycles. The molecule has 0 fully saturated rings. The lowest BCUT2D eigenvalue weighted by molar-refractivity contribution is 0.628. The minimum Gasteiger partial charge on any atom is -0.301 e. The largest absolute Gasteiger partial charge is 0.301 e. The van der Waals surface area contributed by atoms with Crippen molar-refractivity contribution in [3.8, 4) is 0 Å². The SMILES string of the molecule is Cc1nc2c(F)cc(Br)cn2c1C. The Labute approximate surface area is 83.5 Å². The van der Waals surface area contributed by atoms with E-state index in [0.29, 0.717) is 5.65 Å². The van der Waals surface area contributed by atoms with Crippen molar-refractivity contribution in [2.24, 2.45) is 0 Å². The number of pyridine rings is 1. The molecular formula is C9H8BrFN2. The maximum Gasteiger partial charge on any atom is 0.173 e. The molecule has 13 heavy (non-hydrogen) atoms. The molecule has 0 amide bonds. The minimum absolute atomic E-state index is 0.300. The molecule has 2 nitrogen and oxygen atoms in total. The molecular weight excluding hydrogens is 235 g/mol. The molecule has 2 aromatic heterocycles. The summed E-state index contributed by atoms with van der Waals surface area (Å²) in [6, 6.07) is 1.42. The van der Waals surface area contributed by atoms with Crippen LogP contribution in [0, 0.1) is 19.7 Å². The topological polar surface area (TPSA) is 17.3 Å². The van der Waals surface area contributed by atoms with Gasteiger partial charge in [-0.15, -0.1) is 0 Å². The number of fused-ring (bicyclic) bond motifs is 1. The van der Waals surface area contributed by atoms with Crippen molar-refractivity contribution < 1.29 is 4.39 Å². The van der Waals surface area contributed by atoms with Crippen molar-refractivity contribution in [2.45, 2.75) is 13.8 Å². The molecule has 2 aromatic rings. The number of hydrogen-bond donors (Lipinski definition) is 0. The van der Waals surface area contributed by atoms with E-state index in [9.17, 15) is 4.39 Å². The fourth-order valence-electron chi connectivity index (χ4n) is 1.30. The van der Waals surface area contributed by atoms with Crippen LogP contribution in [-0.2, 0) is 0 Å². The number of imidazole rings is 1. The van der Waals surface area contributed by atoms with Crippen LogP contribution in [-0.4, -0.2) is 9.38 Å². The van der Waals surface area contributed by atoms with Crippen molar-refractivity contribution >= 4 is 21.6 Å². The highest BCUT2D eigenvalue weighted by molar-refractivity contribution is 9.10. The van der Waals surface area contributed by atoms with E-state index in [0.717, 1.165) is 15.9 Å². The van der Waals surface area contributed by atoms with Crippen molar-refractivity contribution in [2.75, 3.05) is 0 Å². The number of aryl methyl sites for hydroxylation is 2. The molecule has 4 heteroatoms. The second kappa shape index (κ2) is 2.80. The van der Waals surface area contributed by atoms with E-state index in [2.05, 4.69) is 20.9 Å². The summed E-state index contributed by atoms with van der Waals surface area (Å²) >= 11 is 3.24. The molecule has 0 aromatic carbocycles. The summed E-state index contributed by atoms with van der Waals surface area (Å²) in [4.78, 5) is 4.12. The van der Waals surface area contributed by atoms with Crippen LogP contribution in [0.25, 0.3) is 5.65 Å². The Morgan fingerprint density at radius 2 is 2.15 bits per heavy atom. The van der Waals surface area contributed by atoms with E-state index in [1.807, 2.05) is 20.0 Å². The highest BCUT2D eigenvalue weighted by Crippen LogP contribution is 2.18.